The van der Waals surface area contributed by atoms with E-state index >= 15 is 4.57 Å². The van der Waals surface area contributed by atoms with Crippen molar-refractivity contribution in [3.63, 3.8) is 0 Å². The molecule has 5 rings (SSSR count). The maximum atomic E-state index is 15.2. The number of benzene rings is 4. The Hall–Kier alpha value is -3.68. The molecule has 0 N–H and O–H groups in total. The van der Waals surface area contributed by atoms with Crippen LogP contribution in [0.25, 0.3) is 22.1 Å². The second kappa shape index (κ2) is 8.35. The van der Waals surface area contributed by atoms with Crippen molar-refractivity contribution in [3.05, 3.63) is 125 Å². The van der Waals surface area contributed by atoms with Crippen LogP contribution in [0.15, 0.2) is 112 Å². The molecule has 0 saturated heterocycles. The number of hydrogen-bond donors (Lipinski definition) is 0. The molecule has 3 nitrogen and oxygen atoms in total. The first-order valence-electron chi connectivity index (χ1n) is 10.8. The zero-order chi connectivity index (χ0) is 23.0. The quantitative estimate of drug-likeness (QED) is 0.260. The summed E-state index contributed by atoms with van der Waals surface area (Å²) in [5, 5.41) is 2.19. The Balaban J connectivity index is 1.97. The standard InChI is InChI=1S/C29H23O3P/c1-20-12-16-23(17-13-20)33(31,24-18-14-21(2)15-19-24)28-27(22-8-4-3-5-9-22)25-10-6-7-11-26(25)32-29(28)30/h3-19H,1-2H3. The highest BCUT2D eigenvalue weighted by atomic mass is 31.2. The SMILES string of the molecule is Cc1ccc(P(=O)(c2ccc(C)cc2)c2c(-c3ccccc3)c3ccccc3oc2=O)cc1. The van der Waals surface area contributed by atoms with Crippen LogP contribution >= 0.6 is 7.14 Å². The third-order valence-electron chi connectivity index (χ3n) is 5.96. The smallest absolute Gasteiger partial charge is 0.348 e. The summed E-state index contributed by atoms with van der Waals surface area (Å²) in [5.74, 6) is 0. The van der Waals surface area contributed by atoms with Crippen molar-refractivity contribution in [3.8, 4) is 11.1 Å². The summed E-state index contributed by atoms with van der Waals surface area (Å²) in [5.41, 5.74) is 3.51. The topological polar surface area (TPSA) is 47.3 Å². The third-order valence-corrected chi connectivity index (χ3v) is 9.05. The minimum absolute atomic E-state index is 0.208. The van der Waals surface area contributed by atoms with Crippen LogP contribution in [0.3, 0.4) is 0 Å². The second-order valence-corrected chi connectivity index (χ2v) is 11.0. The van der Waals surface area contributed by atoms with Gasteiger partial charge in [-0.2, -0.15) is 0 Å². The molecule has 0 fully saturated rings. The summed E-state index contributed by atoms with van der Waals surface area (Å²) < 4.78 is 21.0. The molecule has 0 unspecified atom stereocenters. The van der Waals surface area contributed by atoms with Crippen molar-refractivity contribution in [1.29, 1.82) is 0 Å². The summed E-state index contributed by atoms with van der Waals surface area (Å²) in [6.45, 7) is 3.97. The first-order chi connectivity index (χ1) is 16.0. The average molecular weight is 450 g/mol. The normalized spacial score (nSPS) is 11.6. The van der Waals surface area contributed by atoms with Gasteiger partial charge in [-0.15, -0.1) is 0 Å². The van der Waals surface area contributed by atoms with E-state index < -0.39 is 12.8 Å². The van der Waals surface area contributed by atoms with Crippen LogP contribution in [0.5, 0.6) is 0 Å². The maximum absolute atomic E-state index is 15.2. The Bertz CT molecular complexity index is 1500. The molecule has 0 amide bonds. The molecule has 0 aliphatic rings. The van der Waals surface area contributed by atoms with E-state index in [0.29, 0.717) is 21.8 Å². The lowest BCUT2D eigenvalue weighted by Crippen LogP contribution is -2.35. The summed E-state index contributed by atoms with van der Waals surface area (Å²) in [6.07, 6.45) is 0. The van der Waals surface area contributed by atoms with Crippen molar-refractivity contribution < 1.29 is 8.98 Å². The number of para-hydroxylation sites is 1. The van der Waals surface area contributed by atoms with Gasteiger partial charge in [0.15, 0.2) is 7.14 Å². The fraction of sp³-hybridized carbons (Fsp3) is 0.0690. The summed E-state index contributed by atoms with van der Waals surface area (Å²) in [6, 6.07) is 32.3. The molecule has 0 aliphatic heterocycles. The first-order valence-corrected chi connectivity index (χ1v) is 12.6. The van der Waals surface area contributed by atoms with Crippen LogP contribution in [-0.4, -0.2) is 0 Å². The highest BCUT2D eigenvalue weighted by molar-refractivity contribution is 7.85. The fourth-order valence-corrected chi connectivity index (χ4v) is 7.06. The van der Waals surface area contributed by atoms with Crippen LogP contribution in [0, 0.1) is 13.8 Å². The van der Waals surface area contributed by atoms with Gasteiger partial charge < -0.3 is 8.98 Å². The lowest BCUT2D eigenvalue weighted by atomic mass is 10.0. The molecule has 0 bridgehead atoms. The van der Waals surface area contributed by atoms with E-state index in [1.54, 1.807) is 6.07 Å². The molecule has 33 heavy (non-hydrogen) atoms. The van der Waals surface area contributed by atoms with Gasteiger partial charge in [-0.1, -0.05) is 108 Å². The molecule has 0 saturated carbocycles. The Morgan fingerprint density at radius 2 is 1.15 bits per heavy atom. The maximum Gasteiger partial charge on any atom is 0.348 e. The fourth-order valence-electron chi connectivity index (χ4n) is 4.24. The van der Waals surface area contributed by atoms with Gasteiger partial charge in [0.25, 0.3) is 0 Å². The van der Waals surface area contributed by atoms with E-state index in [-0.39, 0.29) is 5.30 Å². The molecular formula is C29H23O3P. The summed E-state index contributed by atoms with van der Waals surface area (Å²) in [7, 11) is -3.57. The van der Waals surface area contributed by atoms with Crippen LogP contribution in [-0.2, 0) is 4.57 Å². The predicted octanol–water partition coefficient (Wildman–Crippen LogP) is 5.72. The van der Waals surface area contributed by atoms with Crippen molar-refractivity contribution in [2.45, 2.75) is 13.8 Å². The van der Waals surface area contributed by atoms with Gasteiger partial charge in [0.2, 0.25) is 0 Å². The van der Waals surface area contributed by atoms with Gasteiger partial charge in [0.05, 0.1) is 0 Å². The monoisotopic (exact) mass is 450 g/mol. The Kier molecular flexibility index (Phi) is 5.36. The van der Waals surface area contributed by atoms with Gasteiger partial charge in [-0.25, -0.2) is 4.79 Å². The largest absolute Gasteiger partial charge is 0.422 e. The zero-order valence-corrected chi connectivity index (χ0v) is 19.4. The first kappa shape index (κ1) is 21.2. The van der Waals surface area contributed by atoms with Crippen LogP contribution in [0.2, 0.25) is 0 Å². The highest BCUT2D eigenvalue weighted by Gasteiger charge is 2.37. The Labute approximate surface area is 192 Å². The van der Waals surface area contributed by atoms with Crippen molar-refractivity contribution in [2.24, 2.45) is 0 Å². The number of fused-ring (bicyclic) bond motifs is 1. The Morgan fingerprint density at radius 1 is 0.636 bits per heavy atom. The zero-order valence-electron chi connectivity index (χ0n) is 18.5. The van der Waals surface area contributed by atoms with Crippen LogP contribution in [0.1, 0.15) is 11.1 Å². The Morgan fingerprint density at radius 3 is 1.73 bits per heavy atom. The lowest BCUT2D eigenvalue weighted by molar-refractivity contribution is 0.563. The van der Waals surface area contributed by atoms with Crippen molar-refractivity contribution in [1.82, 2.24) is 0 Å². The third kappa shape index (κ3) is 3.65. The van der Waals surface area contributed by atoms with Gasteiger partial charge >= 0.3 is 5.63 Å². The number of aryl methyl sites for hydroxylation is 2. The number of hydrogen-bond acceptors (Lipinski definition) is 3. The van der Waals surface area contributed by atoms with Crippen molar-refractivity contribution in [2.75, 3.05) is 0 Å². The summed E-state index contributed by atoms with van der Waals surface area (Å²) in [4.78, 5) is 13.6. The summed E-state index contributed by atoms with van der Waals surface area (Å²) >= 11 is 0. The minimum atomic E-state index is -3.57. The van der Waals surface area contributed by atoms with Gasteiger partial charge in [-0.3, -0.25) is 0 Å². The molecule has 0 spiro atoms. The molecule has 4 heteroatoms. The molecule has 1 heterocycles. The molecule has 5 aromatic rings. The predicted molar refractivity (Wildman–Crippen MR) is 137 cm³/mol. The van der Waals surface area contributed by atoms with Gasteiger partial charge in [-0.05, 0) is 25.5 Å². The van der Waals surface area contributed by atoms with E-state index in [1.807, 2.05) is 111 Å². The second-order valence-electron chi connectivity index (χ2n) is 8.26. The number of rotatable bonds is 4. The van der Waals surface area contributed by atoms with Crippen molar-refractivity contribution >= 4 is 34.0 Å². The van der Waals surface area contributed by atoms with Gasteiger partial charge in [0.1, 0.15) is 10.9 Å². The van der Waals surface area contributed by atoms with E-state index in [4.69, 9.17) is 4.42 Å². The van der Waals surface area contributed by atoms with E-state index in [9.17, 15) is 4.79 Å². The molecule has 0 aliphatic carbocycles. The lowest BCUT2D eigenvalue weighted by Gasteiger charge is -2.23. The van der Waals surface area contributed by atoms with Gasteiger partial charge in [0, 0.05) is 21.6 Å². The molecule has 1 aromatic heterocycles. The molecule has 0 atom stereocenters. The minimum Gasteiger partial charge on any atom is -0.422 e. The van der Waals surface area contributed by atoms with Crippen LogP contribution < -0.4 is 21.5 Å². The molecule has 162 valence electrons. The molecular weight excluding hydrogens is 427 g/mol. The van der Waals surface area contributed by atoms with E-state index in [0.717, 1.165) is 22.1 Å². The van der Waals surface area contributed by atoms with E-state index in [1.165, 1.54) is 0 Å². The van der Waals surface area contributed by atoms with E-state index in [2.05, 4.69) is 0 Å². The molecule has 4 aromatic carbocycles. The molecule has 0 radical (unpaired) electrons. The van der Waals surface area contributed by atoms with Crippen LogP contribution in [0.4, 0.5) is 0 Å². The highest BCUT2D eigenvalue weighted by Crippen LogP contribution is 2.45. The average Bonchev–Trinajstić information content (AvgIpc) is 2.84.